The molecule has 1 aromatic heterocycles. The lowest BCUT2D eigenvalue weighted by atomic mass is 10.0. The molecule has 3 nitrogen and oxygen atoms in total. The van der Waals surface area contributed by atoms with Gasteiger partial charge in [-0.2, -0.15) is 0 Å². The lowest BCUT2D eigenvalue weighted by molar-refractivity contribution is 0.168. The van der Waals surface area contributed by atoms with Crippen LogP contribution >= 0.6 is 0 Å². The summed E-state index contributed by atoms with van der Waals surface area (Å²) < 4.78 is 0. The molecular weight excluding hydrogens is 236 g/mol. The Hall–Kier alpha value is -1.87. The summed E-state index contributed by atoms with van der Waals surface area (Å²) in [7, 11) is 0. The van der Waals surface area contributed by atoms with Crippen molar-refractivity contribution in [2.24, 2.45) is 0 Å². The van der Waals surface area contributed by atoms with E-state index in [9.17, 15) is 5.11 Å². The first-order valence-corrected chi connectivity index (χ1v) is 6.76. The molecule has 1 aliphatic heterocycles. The van der Waals surface area contributed by atoms with Crippen molar-refractivity contribution in [3.8, 4) is 0 Å². The van der Waals surface area contributed by atoms with E-state index in [1.807, 2.05) is 42.6 Å². The lowest BCUT2D eigenvalue weighted by Gasteiger charge is -2.24. The van der Waals surface area contributed by atoms with Crippen LogP contribution in [0.15, 0.2) is 48.7 Å². The van der Waals surface area contributed by atoms with Crippen LogP contribution in [0.5, 0.6) is 0 Å². The highest BCUT2D eigenvalue weighted by Crippen LogP contribution is 2.33. The van der Waals surface area contributed by atoms with Gasteiger partial charge in [0.05, 0.1) is 18.3 Å². The highest BCUT2D eigenvalue weighted by molar-refractivity contribution is 5.55. The molecule has 1 N–H and O–H groups in total. The van der Waals surface area contributed by atoms with Gasteiger partial charge in [0.15, 0.2) is 0 Å². The van der Waals surface area contributed by atoms with Crippen molar-refractivity contribution < 1.29 is 5.11 Å². The zero-order valence-corrected chi connectivity index (χ0v) is 10.9. The topological polar surface area (TPSA) is 36.4 Å². The number of pyridine rings is 1. The Morgan fingerprint density at radius 3 is 2.84 bits per heavy atom. The largest absolute Gasteiger partial charge is 0.388 e. The van der Waals surface area contributed by atoms with Gasteiger partial charge < -0.3 is 10.0 Å². The van der Waals surface area contributed by atoms with E-state index in [0.717, 1.165) is 42.9 Å². The number of para-hydroxylation sites is 1. The molecule has 98 valence electrons. The van der Waals surface area contributed by atoms with Crippen molar-refractivity contribution in [2.75, 3.05) is 11.4 Å². The van der Waals surface area contributed by atoms with E-state index in [0.29, 0.717) is 0 Å². The quantitative estimate of drug-likeness (QED) is 0.895. The first-order valence-electron chi connectivity index (χ1n) is 6.76. The van der Waals surface area contributed by atoms with Gasteiger partial charge in [-0.05, 0) is 31.0 Å². The summed E-state index contributed by atoms with van der Waals surface area (Å²) in [5.74, 6) is 0. The third-order valence-corrected chi connectivity index (χ3v) is 3.62. The van der Waals surface area contributed by atoms with E-state index >= 15 is 0 Å². The van der Waals surface area contributed by atoms with E-state index < -0.39 is 0 Å². The molecule has 0 radical (unpaired) electrons. The fraction of sp³-hybridized carbons (Fsp3) is 0.312. The Bertz CT molecular complexity index is 541. The van der Waals surface area contributed by atoms with Crippen LogP contribution in [0.3, 0.4) is 0 Å². The molecule has 1 atom stereocenters. The van der Waals surface area contributed by atoms with Crippen LogP contribution in [0.4, 0.5) is 5.69 Å². The monoisotopic (exact) mass is 254 g/mol. The molecule has 2 aromatic rings. The van der Waals surface area contributed by atoms with Crippen molar-refractivity contribution in [3.05, 3.63) is 59.9 Å². The van der Waals surface area contributed by atoms with Crippen LogP contribution in [0.1, 0.15) is 30.2 Å². The maximum absolute atomic E-state index is 10.2. The number of fused-ring (bicyclic) bond motifs is 1. The van der Waals surface area contributed by atoms with E-state index in [1.54, 1.807) is 0 Å². The van der Waals surface area contributed by atoms with Crippen LogP contribution < -0.4 is 4.90 Å². The maximum atomic E-state index is 10.2. The van der Waals surface area contributed by atoms with Gasteiger partial charge in [-0.3, -0.25) is 4.98 Å². The summed E-state index contributed by atoms with van der Waals surface area (Å²) >= 11 is 0. The molecule has 0 saturated carbocycles. The minimum Gasteiger partial charge on any atom is -0.388 e. The second-order valence-corrected chi connectivity index (χ2v) is 4.96. The number of benzene rings is 1. The molecule has 0 saturated heterocycles. The second-order valence-electron chi connectivity index (χ2n) is 4.96. The van der Waals surface area contributed by atoms with Crippen molar-refractivity contribution >= 4 is 5.69 Å². The average molecular weight is 254 g/mol. The lowest BCUT2D eigenvalue weighted by Crippen LogP contribution is -2.24. The molecular formula is C16H18N2O. The first-order chi connectivity index (χ1) is 9.34. The van der Waals surface area contributed by atoms with Gasteiger partial charge in [-0.1, -0.05) is 24.3 Å². The van der Waals surface area contributed by atoms with Gasteiger partial charge in [-0.25, -0.2) is 0 Å². The molecule has 1 unspecified atom stereocenters. The highest BCUT2D eigenvalue weighted by Gasteiger charge is 2.20. The average Bonchev–Trinajstić information content (AvgIpc) is 2.61. The highest BCUT2D eigenvalue weighted by atomic mass is 16.3. The maximum Gasteiger partial charge on any atom is 0.0810 e. The zero-order chi connectivity index (χ0) is 13.1. The molecule has 19 heavy (non-hydrogen) atoms. The molecule has 3 heteroatoms. The Morgan fingerprint density at radius 2 is 2.00 bits per heavy atom. The predicted molar refractivity (Wildman–Crippen MR) is 75.9 cm³/mol. The Kier molecular flexibility index (Phi) is 3.47. The second kappa shape index (κ2) is 5.41. The molecule has 1 aliphatic rings. The summed E-state index contributed by atoms with van der Waals surface area (Å²) in [5, 5.41) is 10.2. The number of hydrogen-bond acceptors (Lipinski definition) is 3. The fourth-order valence-corrected chi connectivity index (χ4v) is 2.66. The number of anilines is 1. The number of aromatic nitrogens is 1. The summed E-state index contributed by atoms with van der Waals surface area (Å²) in [6.07, 6.45) is 3.32. The number of aliphatic hydroxyl groups excluding tert-OH is 1. The minimum atomic E-state index is -0.343. The van der Waals surface area contributed by atoms with Crippen LogP contribution in [-0.4, -0.2) is 16.6 Å². The van der Waals surface area contributed by atoms with Gasteiger partial charge in [0, 0.05) is 24.0 Å². The van der Waals surface area contributed by atoms with Gasteiger partial charge >= 0.3 is 0 Å². The molecule has 0 aliphatic carbocycles. The minimum absolute atomic E-state index is 0.343. The van der Waals surface area contributed by atoms with Gasteiger partial charge in [0.1, 0.15) is 0 Å². The van der Waals surface area contributed by atoms with Gasteiger partial charge in [0.25, 0.3) is 0 Å². The molecule has 3 rings (SSSR count). The Labute approximate surface area is 113 Å². The first kappa shape index (κ1) is 12.2. The molecule has 0 bridgehead atoms. The van der Waals surface area contributed by atoms with Crippen LogP contribution in [0.2, 0.25) is 0 Å². The van der Waals surface area contributed by atoms with Crippen molar-refractivity contribution in [3.63, 3.8) is 0 Å². The summed E-state index contributed by atoms with van der Waals surface area (Å²) in [4.78, 5) is 6.70. The molecule has 1 aromatic carbocycles. The SMILES string of the molecule is OC1CCCN(Cc2ccccn2)c2ccccc21. The van der Waals surface area contributed by atoms with E-state index in [4.69, 9.17) is 0 Å². The van der Waals surface area contributed by atoms with Gasteiger partial charge in [0.2, 0.25) is 0 Å². The fourth-order valence-electron chi connectivity index (χ4n) is 2.66. The van der Waals surface area contributed by atoms with E-state index in [1.165, 1.54) is 0 Å². The van der Waals surface area contributed by atoms with E-state index in [-0.39, 0.29) is 6.10 Å². The van der Waals surface area contributed by atoms with Crippen LogP contribution in [0, 0.1) is 0 Å². The summed E-state index contributed by atoms with van der Waals surface area (Å²) in [5.41, 5.74) is 3.24. The predicted octanol–water partition coefficient (Wildman–Crippen LogP) is 2.92. The van der Waals surface area contributed by atoms with Gasteiger partial charge in [-0.15, -0.1) is 0 Å². The summed E-state index contributed by atoms with van der Waals surface area (Å²) in [6, 6.07) is 14.1. The Balaban J connectivity index is 1.91. The number of nitrogens with zero attached hydrogens (tertiary/aromatic N) is 2. The number of aliphatic hydroxyl groups is 1. The normalized spacial score (nSPS) is 18.8. The van der Waals surface area contributed by atoms with Crippen LogP contribution in [-0.2, 0) is 6.54 Å². The van der Waals surface area contributed by atoms with Crippen molar-refractivity contribution in [1.29, 1.82) is 0 Å². The summed E-state index contributed by atoms with van der Waals surface area (Å²) in [6.45, 7) is 1.76. The molecule has 0 spiro atoms. The Morgan fingerprint density at radius 1 is 1.16 bits per heavy atom. The zero-order valence-electron chi connectivity index (χ0n) is 10.9. The number of rotatable bonds is 2. The number of hydrogen-bond donors (Lipinski definition) is 1. The van der Waals surface area contributed by atoms with Crippen molar-refractivity contribution in [2.45, 2.75) is 25.5 Å². The third-order valence-electron chi connectivity index (χ3n) is 3.62. The molecule has 2 heterocycles. The van der Waals surface area contributed by atoms with Crippen LogP contribution in [0.25, 0.3) is 0 Å². The van der Waals surface area contributed by atoms with Crippen molar-refractivity contribution in [1.82, 2.24) is 4.98 Å². The third kappa shape index (κ3) is 2.61. The molecule has 0 amide bonds. The van der Waals surface area contributed by atoms with E-state index in [2.05, 4.69) is 16.0 Å². The standard InChI is InChI=1S/C16H18N2O/c19-16-9-5-11-18(12-13-6-3-4-10-17-13)15-8-2-1-7-14(15)16/h1-4,6-8,10,16,19H,5,9,11-12H2. The smallest absolute Gasteiger partial charge is 0.0810 e. The molecule has 0 fully saturated rings.